The number of nitrogens with zero attached hydrogens (tertiary/aromatic N) is 4. The van der Waals surface area contributed by atoms with Crippen LogP contribution in [0.25, 0.3) is 6.08 Å². The van der Waals surface area contributed by atoms with Gasteiger partial charge in [-0.1, -0.05) is 42.1 Å². The molecule has 34 heavy (non-hydrogen) atoms. The monoisotopic (exact) mass is 506 g/mol. The summed E-state index contributed by atoms with van der Waals surface area (Å²) in [5.74, 6) is 0.0654. The van der Waals surface area contributed by atoms with Crippen molar-refractivity contribution in [1.29, 1.82) is 0 Å². The molecule has 0 bridgehead atoms. The molecule has 2 saturated heterocycles. The maximum absolute atomic E-state index is 12.7. The fourth-order valence-electron chi connectivity index (χ4n) is 5.32. The summed E-state index contributed by atoms with van der Waals surface area (Å²) in [5, 5.41) is 0.950. The lowest BCUT2D eigenvalue weighted by Crippen LogP contribution is -2.50. The fourth-order valence-corrected chi connectivity index (χ4v) is 5.63. The number of carbonyl (C=O) groups excluding carboxylic acids is 2. The van der Waals surface area contributed by atoms with Crippen LogP contribution in [-0.4, -0.2) is 96.4 Å². The van der Waals surface area contributed by atoms with E-state index in [-0.39, 0.29) is 11.8 Å². The van der Waals surface area contributed by atoms with Gasteiger partial charge < -0.3 is 14.7 Å². The number of benzene rings is 1. The number of hydrogen-bond acceptors (Lipinski definition) is 4. The lowest BCUT2D eigenvalue weighted by atomic mass is 10.2. The molecule has 3 fully saturated rings. The predicted molar refractivity (Wildman–Crippen MR) is 138 cm³/mol. The van der Waals surface area contributed by atoms with E-state index in [4.69, 9.17) is 23.2 Å². The quantitative estimate of drug-likeness (QED) is 0.524. The average Bonchev–Trinajstić information content (AvgIpc) is 3.32. The summed E-state index contributed by atoms with van der Waals surface area (Å²) >= 11 is 12.0. The van der Waals surface area contributed by atoms with E-state index in [0.29, 0.717) is 36.1 Å². The van der Waals surface area contributed by atoms with Crippen molar-refractivity contribution in [2.24, 2.45) is 0 Å². The topological polar surface area (TPSA) is 47.1 Å². The van der Waals surface area contributed by atoms with Crippen LogP contribution in [-0.2, 0) is 9.59 Å². The van der Waals surface area contributed by atoms with Gasteiger partial charge in [0.1, 0.15) is 0 Å². The van der Waals surface area contributed by atoms with Crippen LogP contribution < -0.4 is 0 Å². The molecule has 3 aliphatic rings. The molecule has 2 heterocycles. The molecule has 8 heteroatoms. The molecule has 0 radical (unpaired) electrons. The Morgan fingerprint density at radius 1 is 0.941 bits per heavy atom. The Morgan fingerprint density at radius 2 is 1.71 bits per heavy atom. The second-order valence-corrected chi connectivity index (χ2v) is 10.4. The summed E-state index contributed by atoms with van der Waals surface area (Å²) in [6, 6.07) is 6.09. The third-order valence-corrected chi connectivity index (χ3v) is 8.15. The highest BCUT2D eigenvalue weighted by Gasteiger charge is 2.26. The van der Waals surface area contributed by atoms with E-state index in [2.05, 4.69) is 9.80 Å². The Morgan fingerprint density at radius 3 is 2.44 bits per heavy atom. The van der Waals surface area contributed by atoms with Gasteiger partial charge in [-0.3, -0.25) is 14.5 Å². The summed E-state index contributed by atoms with van der Waals surface area (Å²) in [5.41, 5.74) is 0.819. The van der Waals surface area contributed by atoms with E-state index in [0.717, 1.165) is 44.2 Å². The highest BCUT2D eigenvalue weighted by atomic mass is 35.5. The van der Waals surface area contributed by atoms with Crippen molar-refractivity contribution in [1.82, 2.24) is 19.6 Å². The van der Waals surface area contributed by atoms with Crippen molar-refractivity contribution in [2.45, 2.75) is 44.6 Å². The normalized spacial score (nSPS) is 21.5. The van der Waals surface area contributed by atoms with Crippen LogP contribution in [0.3, 0.4) is 0 Å². The van der Waals surface area contributed by atoms with Gasteiger partial charge in [0.2, 0.25) is 11.8 Å². The van der Waals surface area contributed by atoms with Gasteiger partial charge in [-0.25, -0.2) is 0 Å². The third-order valence-electron chi connectivity index (χ3n) is 7.41. The number of carbonyl (C=O) groups is 2. The Hall–Kier alpha value is -1.60. The summed E-state index contributed by atoms with van der Waals surface area (Å²) < 4.78 is 0. The summed E-state index contributed by atoms with van der Waals surface area (Å²) in [6.07, 6.45) is 10.2. The van der Waals surface area contributed by atoms with E-state index >= 15 is 0 Å². The average molecular weight is 508 g/mol. The van der Waals surface area contributed by atoms with E-state index in [1.807, 2.05) is 11.0 Å². The molecule has 0 aromatic heterocycles. The minimum atomic E-state index is -0.0825. The lowest BCUT2D eigenvalue weighted by Gasteiger charge is -2.38. The SMILES string of the molecule is O=C(C=Cc1ccc(Cl)c(Cl)c1)N1CCC(=O)N(CCCN2CCN(C3CCCC3)CC2)CC1. The molecule has 6 nitrogen and oxygen atoms in total. The van der Waals surface area contributed by atoms with E-state index in [1.54, 1.807) is 29.2 Å². The summed E-state index contributed by atoms with van der Waals surface area (Å²) in [7, 11) is 0. The highest BCUT2D eigenvalue weighted by molar-refractivity contribution is 6.42. The largest absolute Gasteiger partial charge is 0.341 e. The van der Waals surface area contributed by atoms with Crippen LogP contribution in [0.15, 0.2) is 24.3 Å². The molecule has 1 aromatic rings. The van der Waals surface area contributed by atoms with E-state index < -0.39 is 0 Å². The Labute approximate surface area is 213 Å². The molecule has 2 amide bonds. The van der Waals surface area contributed by atoms with Crippen molar-refractivity contribution in [3.8, 4) is 0 Å². The van der Waals surface area contributed by atoms with Crippen LogP contribution in [0, 0.1) is 0 Å². The third kappa shape index (κ3) is 6.97. The van der Waals surface area contributed by atoms with Gasteiger partial charge in [0.05, 0.1) is 10.0 Å². The van der Waals surface area contributed by atoms with E-state index in [9.17, 15) is 9.59 Å². The van der Waals surface area contributed by atoms with Crippen LogP contribution in [0.1, 0.15) is 44.1 Å². The predicted octanol–water partition coefficient (Wildman–Crippen LogP) is 4.02. The van der Waals surface area contributed by atoms with Gasteiger partial charge in [0.15, 0.2) is 0 Å². The Balaban J connectivity index is 1.18. The highest BCUT2D eigenvalue weighted by Crippen LogP contribution is 2.25. The standard InChI is InChI=1S/C26H36Cl2N4O2/c27-23-8-6-21(20-24(23)28)7-9-25(33)32-13-10-26(34)31(18-19-32)12-3-11-29-14-16-30(17-15-29)22-4-1-2-5-22/h6-9,20,22H,1-5,10-19H2. The number of rotatable bonds is 7. The molecule has 186 valence electrons. The zero-order chi connectivity index (χ0) is 23.9. The van der Waals surface area contributed by atoms with E-state index in [1.165, 1.54) is 38.8 Å². The van der Waals surface area contributed by atoms with Crippen LogP contribution in [0.4, 0.5) is 0 Å². The second-order valence-electron chi connectivity index (χ2n) is 9.63. The smallest absolute Gasteiger partial charge is 0.246 e. The minimum Gasteiger partial charge on any atom is -0.341 e. The van der Waals surface area contributed by atoms with Crippen LogP contribution >= 0.6 is 23.2 Å². The van der Waals surface area contributed by atoms with Gasteiger partial charge in [-0.05, 0) is 49.6 Å². The fraction of sp³-hybridized carbons (Fsp3) is 0.615. The molecule has 0 N–H and O–H groups in total. The number of piperazine rings is 1. The van der Waals surface area contributed by atoms with Gasteiger partial charge in [0, 0.05) is 70.9 Å². The first kappa shape index (κ1) is 25.5. The zero-order valence-corrected chi connectivity index (χ0v) is 21.4. The molecule has 1 aliphatic carbocycles. The zero-order valence-electron chi connectivity index (χ0n) is 19.9. The summed E-state index contributed by atoms with van der Waals surface area (Å²) in [6.45, 7) is 8.07. The maximum Gasteiger partial charge on any atom is 0.246 e. The molecular weight excluding hydrogens is 471 g/mol. The maximum atomic E-state index is 12.7. The molecule has 0 atom stereocenters. The number of hydrogen-bond donors (Lipinski definition) is 0. The second kappa shape index (κ2) is 12.4. The molecule has 4 rings (SSSR count). The van der Waals surface area contributed by atoms with Crippen molar-refractivity contribution in [2.75, 3.05) is 58.9 Å². The van der Waals surface area contributed by atoms with Crippen molar-refractivity contribution >= 4 is 41.1 Å². The van der Waals surface area contributed by atoms with Gasteiger partial charge >= 0.3 is 0 Å². The van der Waals surface area contributed by atoms with Crippen LogP contribution in [0.2, 0.25) is 10.0 Å². The molecule has 0 spiro atoms. The van der Waals surface area contributed by atoms with Crippen molar-refractivity contribution < 1.29 is 9.59 Å². The van der Waals surface area contributed by atoms with Crippen molar-refractivity contribution in [3.05, 3.63) is 39.9 Å². The van der Waals surface area contributed by atoms with Gasteiger partial charge in [-0.2, -0.15) is 0 Å². The molecule has 0 unspecified atom stereocenters. The molecular formula is C26H36Cl2N4O2. The lowest BCUT2D eigenvalue weighted by molar-refractivity contribution is -0.130. The number of halogens is 2. The first-order valence-corrected chi connectivity index (χ1v) is 13.4. The number of amides is 2. The summed E-state index contributed by atoms with van der Waals surface area (Å²) in [4.78, 5) is 34.2. The van der Waals surface area contributed by atoms with Crippen LogP contribution in [0.5, 0.6) is 0 Å². The molecule has 2 aliphatic heterocycles. The molecule has 1 aromatic carbocycles. The molecule has 1 saturated carbocycles. The Bertz CT molecular complexity index is 880. The first-order valence-electron chi connectivity index (χ1n) is 12.7. The minimum absolute atomic E-state index is 0.0825. The van der Waals surface area contributed by atoms with Gasteiger partial charge in [-0.15, -0.1) is 0 Å². The Kier molecular flexibility index (Phi) is 9.29. The van der Waals surface area contributed by atoms with Crippen molar-refractivity contribution in [3.63, 3.8) is 0 Å². The van der Waals surface area contributed by atoms with Gasteiger partial charge in [0.25, 0.3) is 0 Å². The first-order chi connectivity index (χ1) is 16.5.